The lowest BCUT2D eigenvalue weighted by molar-refractivity contribution is -0.149. The third kappa shape index (κ3) is 5.48. The first kappa shape index (κ1) is 24.7. The number of esters is 1. The molecule has 2 N–H and O–H groups in total. The molecular formula is C25H24F3N3O3S. The molecule has 2 amide bonds. The summed E-state index contributed by atoms with van der Waals surface area (Å²) in [6, 6.07) is 10.8. The monoisotopic (exact) mass is 503 g/mol. The van der Waals surface area contributed by atoms with Crippen molar-refractivity contribution in [2.24, 2.45) is 0 Å². The molecule has 1 heterocycles. The lowest BCUT2D eigenvalue weighted by Crippen LogP contribution is -2.38. The number of aromatic nitrogens is 1. The molecule has 6 nitrogen and oxygen atoms in total. The van der Waals surface area contributed by atoms with E-state index in [2.05, 4.69) is 15.6 Å². The summed E-state index contributed by atoms with van der Waals surface area (Å²) in [5.41, 5.74) is -0.160. The molecule has 1 aromatic heterocycles. The molecule has 1 fully saturated rings. The molecule has 0 radical (unpaired) electrons. The average Bonchev–Trinajstić information content (AvgIpc) is 3.35. The van der Waals surface area contributed by atoms with E-state index < -0.39 is 23.2 Å². The van der Waals surface area contributed by atoms with Gasteiger partial charge in [-0.3, -0.25) is 4.79 Å². The fourth-order valence-electron chi connectivity index (χ4n) is 4.27. The highest BCUT2D eigenvalue weighted by Crippen LogP contribution is 2.43. The fourth-order valence-corrected chi connectivity index (χ4v) is 5.43. The van der Waals surface area contributed by atoms with E-state index in [-0.39, 0.29) is 11.7 Å². The Morgan fingerprint density at radius 3 is 2.34 bits per heavy atom. The first-order chi connectivity index (χ1) is 16.7. The summed E-state index contributed by atoms with van der Waals surface area (Å²) in [6.07, 6.45) is 1.68. The van der Waals surface area contributed by atoms with Gasteiger partial charge in [0.05, 0.1) is 17.6 Å². The first-order valence-electron chi connectivity index (χ1n) is 11.1. The molecule has 1 aliphatic rings. The number of alkyl halides is 3. The molecule has 4 rings (SSSR count). The number of urea groups is 1. The number of methoxy groups -OCH3 is 1. The molecule has 3 aromatic rings. The molecule has 10 heteroatoms. The van der Waals surface area contributed by atoms with Gasteiger partial charge in [-0.25, -0.2) is 9.78 Å². The van der Waals surface area contributed by atoms with E-state index in [4.69, 9.17) is 4.74 Å². The van der Waals surface area contributed by atoms with Gasteiger partial charge in [0.2, 0.25) is 0 Å². The summed E-state index contributed by atoms with van der Waals surface area (Å²) in [4.78, 5) is 30.3. The minimum absolute atomic E-state index is 0.0355. The topological polar surface area (TPSA) is 80.3 Å². The highest BCUT2D eigenvalue weighted by molar-refractivity contribution is 7.15. The highest BCUT2D eigenvalue weighted by Gasteiger charge is 2.44. The predicted octanol–water partition coefficient (Wildman–Crippen LogP) is 6.85. The van der Waals surface area contributed by atoms with Crippen LogP contribution >= 0.6 is 11.3 Å². The van der Waals surface area contributed by atoms with E-state index >= 15 is 0 Å². The van der Waals surface area contributed by atoms with Crippen LogP contribution in [0.2, 0.25) is 0 Å². The fraction of sp³-hybridized carbons (Fsp3) is 0.320. The summed E-state index contributed by atoms with van der Waals surface area (Å²) in [6.45, 7) is 0. The maximum atomic E-state index is 12.9. The molecular weight excluding hydrogens is 479 g/mol. The largest absolute Gasteiger partial charge is 0.468 e. The van der Waals surface area contributed by atoms with Crippen LogP contribution in [0.1, 0.15) is 42.7 Å². The van der Waals surface area contributed by atoms with Crippen LogP contribution in [0, 0.1) is 0 Å². The van der Waals surface area contributed by atoms with Gasteiger partial charge in [0.15, 0.2) is 0 Å². The number of amides is 2. The second-order valence-corrected chi connectivity index (χ2v) is 9.43. The van der Waals surface area contributed by atoms with Crippen LogP contribution in [-0.4, -0.2) is 24.1 Å². The van der Waals surface area contributed by atoms with Crippen LogP contribution in [-0.2, 0) is 21.1 Å². The quantitative estimate of drug-likeness (QED) is 0.373. The summed E-state index contributed by atoms with van der Waals surface area (Å²) >= 11 is 1.46. The molecule has 35 heavy (non-hydrogen) atoms. The van der Waals surface area contributed by atoms with Gasteiger partial charge in [-0.2, -0.15) is 13.2 Å². The number of carbonyl (C=O) groups is 2. The predicted molar refractivity (Wildman–Crippen MR) is 128 cm³/mol. The van der Waals surface area contributed by atoms with Gasteiger partial charge < -0.3 is 15.4 Å². The molecule has 0 spiro atoms. The Morgan fingerprint density at radius 2 is 1.69 bits per heavy atom. The van der Waals surface area contributed by atoms with E-state index in [0.717, 1.165) is 59.7 Å². The average molecular weight is 504 g/mol. The van der Waals surface area contributed by atoms with E-state index in [0.29, 0.717) is 5.69 Å². The number of benzene rings is 2. The summed E-state index contributed by atoms with van der Waals surface area (Å²) in [5, 5.41) is 5.77. The minimum atomic E-state index is -4.49. The Hall–Kier alpha value is -3.40. The third-order valence-corrected chi connectivity index (χ3v) is 7.32. The smallest absolute Gasteiger partial charge is 0.416 e. The van der Waals surface area contributed by atoms with Crippen molar-refractivity contribution in [1.29, 1.82) is 0 Å². The SMILES string of the molecule is COC(=O)C1(c2ncc(-c3ccc(NC(=O)Nc4cccc(C(F)(F)F)c4)cc3)s2)CCCCC1. The number of rotatable bonds is 5. The second kappa shape index (κ2) is 10.1. The van der Waals surface area contributed by atoms with Gasteiger partial charge in [-0.15, -0.1) is 11.3 Å². The van der Waals surface area contributed by atoms with E-state index in [1.165, 1.54) is 30.6 Å². The minimum Gasteiger partial charge on any atom is -0.468 e. The molecule has 2 aromatic carbocycles. The van der Waals surface area contributed by atoms with Crippen LogP contribution in [0.5, 0.6) is 0 Å². The zero-order chi connectivity index (χ0) is 25.1. The van der Waals surface area contributed by atoms with E-state index in [9.17, 15) is 22.8 Å². The Labute approximate surface area is 204 Å². The number of nitrogens with one attached hydrogen (secondary N) is 2. The molecule has 1 saturated carbocycles. The van der Waals surface area contributed by atoms with Gasteiger partial charge >= 0.3 is 18.2 Å². The standard InChI is InChI=1S/C25H24F3N3O3S/c1-34-22(32)24(12-3-2-4-13-24)21-29-15-20(35-21)16-8-10-18(11-9-16)30-23(33)31-19-7-5-6-17(14-19)25(26,27)28/h5-11,14-15H,2-4,12-13H2,1H3,(H2,30,31,33). The molecule has 1 aliphatic carbocycles. The van der Waals surface area contributed by atoms with Crippen molar-refractivity contribution in [2.45, 2.75) is 43.7 Å². The third-order valence-electron chi connectivity index (χ3n) is 6.07. The van der Waals surface area contributed by atoms with Gasteiger partial charge in [0, 0.05) is 17.6 Å². The number of carbonyl (C=O) groups excluding carboxylic acids is 2. The van der Waals surface area contributed by atoms with Crippen LogP contribution in [0.3, 0.4) is 0 Å². The van der Waals surface area contributed by atoms with Crippen molar-refractivity contribution in [3.63, 3.8) is 0 Å². The zero-order valence-electron chi connectivity index (χ0n) is 18.9. The van der Waals surface area contributed by atoms with Gasteiger partial charge in [0.1, 0.15) is 10.4 Å². The molecule has 184 valence electrons. The Balaban J connectivity index is 1.44. The number of thiazole rings is 1. The Bertz CT molecular complexity index is 1200. The molecule has 0 unspecified atom stereocenters. The molecule has 0 atom stereocenters. The normalized spacial score (nSPS) is 15.3. The summed E-state index contributed by atoms with van der Waals surface area (Å²) < 4.78 is 43.7. The van der Waals surface area contributed by atoms with Crippen molar-refractivity contribution in [1.82, 2.24) is 4.98 Å². The first-order valence-corrected chi connectivity index (χ1v) is 11.9. The zero-order valence-corrected chi connectivity index (χ0v) is 19.8. The van der Waals surface area contributed by atoms with Crippen molar-refractivity contribution < 1.29 is 27.5 Å². The van der Waals surface area contributed by atoms with Crippen LogP contribution in [0.4, 0.5) is 29.3 Å². The van der Waals surface area contributed by atoms with E-state index in [1.807, 2.05) is 12.1 Å². The Morgan fingerprint density at radius 1 is 1.00 bits per heavy atom. The summed E-state index contributed by atoms with van der Waals surface area (Å²) in [7, 11) is 1.40. The van der Waals surface area contributed by atoms with Crippen LogP contribution < -0.4 is 10.6 Å². The number of anilines is 2. The molecule has 0 aliphatic heterocycles. The number of ether oxygens (including phenoxy) is 1. The van der Waals surface area contributed by atoms with Crippen molar-refractivity contribution >= 4 is 34.7 Å². The Kier molecular flexibility index (Phi) is 7.11. The van der Waals surface area contributed by atoms with Crippen molar-refractivity contribution in [2.75, 3.05) is 17.7 Å². The van der Waals surface area contributed by atoms with Gasteiger partial charge in [0.25, 0.3) is 0 Å². The second-order valence-electron chi connectivity index (χ2n) is 8.40. The number of halogens is 3. The van der Waals surface area contributed by atoms with E-state index in [1.54, 1.807) is 18.3 Å². The maximum Gasteiger partial charge on any atom is 0.416 e. The van der Waals surface area contributed by atoms with Gasteiger partial charge in [-0.1, -0.05) is 37.5 Å². The van der Waals surface area contributed by atoms with Crippen molar-refractivity contribution in [3.05, 3.63) is 65.3 Å². The van der Waals surface area contributed by atoms with Crippen LogP contribution in [0.15, 0.2) is 54.7 Å². The lowest BCUT2D eigenvalue weighted by Gasteiger charge is -2.32. The van der Waals surface area contributed by atoms with Crippen LogP contribution in [0.25, 0.3) is 10.4 Å². The number of hydrogen-bond donors (Lipinski definition) is 2. The van der Waals surface area contributed by atoms with Crippen molar-refractivity contribution in [3.8, 4) is 10.4 Å². The lowest BCUT2D eigenvalue weighted by atomic mass is 9.74. The highest BCUT2D eigenvalue weighted by atomic mass is 32.1. The van der Waals surface area contributed by atoms with Gasteiger partial charge in [-0.05, 0) is 48.7 Å². The number of hydrogen-bond acceptors (Lipinski definition) is 5. The number of nitrogens with zero attached hydrogens (tertiary/aromatic N) is 1. The summed E-state index contributed by atoms with van der Waals surface area (Å²) in [5.74, 6) is -0.246. The maximum absolute atomic E-state index is 12.9. The molecule has 0 saturated heterocycles. The molecule has 0 bridgehead atoms.